The summed E-state index contributed by atoms with van der Waals surface area (Å²) in [6.45, 7) is 9.82. The molecular weight excluding hydrogens is 458 g/mol. The Hall–Kier alpha value is -3.58. The van der Waals surface area contributed by atoms with Crippen molar-refractivity contribution in [3.63, 3.8) is 0 Å². The molecule has 1 aliphatic rings. The zero-order valence-corrected chi connectivity index (χ0v) is 21.5. The Morgan fingerprint density at radius 2 is 1.89 bits per heavy atom. The predicted octanol–water partition coefficient (Wildman–Crippen LogP) is 1.99. The summed E-state index contributed by atoms with van der Waals surface area (Å²) in [7, 11) is 0. The molecule has 0 spiro atoms. The normalized spacial score (nSPS) is 14.5. The standard InChI is InChI=1S/C26H37N7O3/c1-4-5-13-32(23-24(28)33(17-19(2)3)26(36)29-25(23)35)22(34)18-30-11-6-12-31(15-14-30)21-9-7-20(16-27)8-10-21/h7-10,19H,4-6,11-15,17-18,28H2,1-3H3,(H,29,35,36). The Morgan fingerprint density at radius 3 is 2.53 bits per heavy atom. The molecule has 1 saturated heterocycles. The van der Waals surface area contributed by atoms with Crippen LogP contribution >= 0.6 is 0 Å². The number of aromatic nitrogens is 2. The van der Waals surface area contributed by atoms with E-state index in [0.29, 0.717) is 31.6 Å². The lowest BCUT2D eigenvalue weighted by molar-refractivity contribution is -0.119. The van der Waals surface area contributed by atoms with Crippen molar-refractivity contribution in [3.8, 4) is 6.07 Å². The third kappa shape index (κ3) is 6.55. The first-order chi connectivity index (χ1) is 17.2. The van der Waals surface area contributed by atoms with Crippen LogP contribution in [0.2, 0.25) is 0 Å². The Labute approximate surface area is 211 Å². The fraction of sp³-hybridized carbons (Fsp3) is 0.538. The van der Waals surface area contributed by atoms with E-state index in [2.05, 4.69) is 20.9 Å². The maximum Gasteiger partial charge on any atom is 0.330 e. The fourth-order valence-corrected chi connectivity index (χ4v) is 4.47. The first-order valence-electron chi connectivity index (χ1n) is 12.7. The summed E-state index contributed by atoms with van der Waals surface area (Å²) in [4.78, 5) is 46.9. The number of nitrogens with zero attached hydrogens (tertiary/aromatic N) is 5. The van der Waals surface area contributed by atoms with E-state index in [0.717, 1.165) is 38.2 Å². The molecule has 1 amide bonds. The van der Waals surface area contributed by atoms with Crippen LogP contribution in [-0.2, 0) is 11.3 Å². The van der Waals surface area contributed by atoms with Crippen molar-refractivity contribution in [2.45, 2.75) is 46.6 Å². The van der Waals surface area contributed by atoms with Gasteiger partial charge in [-0.15, -0.1) is 0 Å². The van der Waals surface area contributed by atoms with Crippen molar-refractivity contribution >= 4 is 23.1 Å². The van der Waals surface area contributed by atoms with Crippen molar-refractivity contribution < 1.29 is 4.79 Å². The molecule has 1 fully saturated rings. The summed E-state index contributed by atoms with van der Waals surface area (Å²) in [5.74, 6) is -0.0355. The van der Waals surface area contributed by atoms with Crippen LogP contribution in [-0.4, -0.2) is 59.6 Å². The van der Waals surface area contributed by atoms with Gasteiger partial charge in [0.15, 0.2) is 5.69 Å². The predicted molar refractivity (Wildman–Crippen MR) is 142 cm³/mol. The van der Waals surface area contributed by atoms with Crippen LogP contribution in [0.5, 0.6) is 0 Å². The van der Waals surface area contributed by atoms with Gasteiger partial charge in [0.25, 0.3) is 5.56 Å². The van der Waals surface area contributed by atoms with Gasteiger partial charge in [0.2, 0.25) is 5.91 Å². The van der Waals surface area contributed by atoms with Crippen molar-refractivity contribution in [1.82, 2.24) is 14.5 Å². The Balaban J connectivity index is 1.78. The van der Waals surface area contributed by atoms with Crippen LogP contribution < -0.4 is 26.8 Å². The molecule has 1 aromatic heterocycles. The Morgan fingerprint density at radius 1 is 1.17 bits per heavy atom. The molecule has 3 rings (SSSR count). The summed E-state index contributed by atoms with van der Waals surface area (Å²) < 4.78 is 1.34. The number of carbonyl (C=O) groups excluding carboxylic acids is 1. The molecule has 0 unspecified atom stereocenters. The number of anilines is 3. The lowest BCUT2D eigenvalue weighted by atomic mass is 10.2. The first-order valence-corrected chi connectivity index (χ1v) is 12.7. The lowest BCUT2D eigenvalue weighted by Gasteiger charge is -2.28. The number of unbranched alkanes of at least 4 members (excludes halogenated alkanes) is 1. The number of nitriles is 1. The minimum Gasteiger partial charge on any atom is -0.383 e. The maximum absolute atomic E-state index is 13.5. The molecule has 2 heterocycles. The summed E-state index contributed by atoms with van der Waals surface area (Å²) in [5.41, 5.74) is 6.86. The summed E-state index contributed by atoms with van der Waals surface area (Å²) in [5, 5.41) is 9.03. The number of hydrogen-bond donors (Lipinski definition) is 2. The average Bonchev–Trinajstić information content (AvgIpc) is 3.09. The number of amides is 1. The molecule has 0 radical (unpaired) electrons. The van der Waals surface area contributed by atoms with E-state index in [1.165, 1.54) is 9.47 Å². The molecule has 36 heavy (non-hydrogen) atoms. The highest BCUT2D eigenvalue weighted by Gasteiger charge is 2.26. The van der Waals surface area contributed by atoms with Crippen LogP contribution in [0.25, 0.3) is 0 Å². The fourth-order valence-electron chi connectivity index (χ4n) is 4.47. The highest BCUT2D eigenvalue weighted by molar-refractivity contribution is 5.96. The van der Waals surface area contributed by atoms with Crippen LogP contribution in [0.3, 0.4) is 0 Å². The Kier molecular flexibility index (Phi) is 9.31. The molecule has 194 valence electrons. The smallest absolute Gasteiger partial charge is 0.330 e. The third-order valence-electron chi connectivity index (χ3n) is 6.38. The number of rotatable bonds is 9. The van der Waals surface area contributed by atoms with Gasteiger partial charge in [-0.2, -0.15) is 5.26 Å². The lowest BCUT2D eigenvalue weighted by Crippen LogP contribution is -2.46. The zero-order valence-electron chi connectivity index (χ0n) is 21.5. The number of nitrogen functional groups attached to an aromatic ring is 1. The van der Waals surface area contributed by atoms with Gasteiger partial charge in [-0.05, 0) is 43.0 Å². The van der Waals surface area contributed by atoms with Crippen molar-refractivity contribution in [3.05, 3.63) is 50.7 Å². The van der Waals surface area contributed by atoms with E-state index in [1.807, 2.05) is 45.0 Å². The van der Waals surface area contributed by atoms with E-state index >= 15 is 0 Å². The molecule has 0 atom stereocenters. The summed E-state index contributed by atoms with van der Waals surface area (Å²) >= 11 is 0. The monoisotopic (exact) mass is 495 g/mol. The highest BCUT2D eigenvalue weighted by atomic mass is 16.2. The minimum atomic E-state index is -0.634. The SMILES string of the molecule is CCCCN(C(=O)CN1CCCN(c2ccc(C#N)cc2)CC1)c1c(N)n(CC(C)C)c(=O)[nH]c1=O. The van der Waals surface area contributed by atoms with Gasteiger partial charge in [-0.3, -0.25) is 24.0 Å². The van der Waals surface area contributed by atoms with Crippen molar-refractivity contribution in [2.24, 2.45) is 5.92 Å². The van der Waals surface area contributed by atoms with Crippen LogP contribution in [0.1, 0.15) is 45.6 Å². The number of benzene rings is 1. The van der Waals surface area contributed by atoms with Gasteiger partial charge >= 0.3 is 5.69 Å². The van der Waals surface area contributed by atoms with E-state index in [4.69, 9.17) is 11.0 Å². The summed E-state index contributed by atoms with van der Waals surface area (Å²) in [6.07, 6.45) is 2.43. The number of aromatic amines is 1. The van der Waals surface area contributed by atoms with E-state index in [1.54, 1.807) is 0 Å². The van der Waals surface area contributed by atoms with Crippen LogP contribution in [0.4, 0.5) is 17.2 Å². The molecule has 0 bridgehead atoms. The van der Waals surface area contributed by atoms with Gasteiger partial charge in [-0.25, -0.2) is 4.79 Å². The second-order valence-electron chi connectivity index (χ2n) is 9.67. The van der Waals surface area contributed by atoms with E-state index < -0.39 is 11.2 Å². The molecule has 2 aromatic rings. The highest BCUT2D eigenvalue weighted by Crippen LogP contribution is 2.20. The first kappa shape index (κ1) is 27.0. The second kappa shape index (κ2) is 12.4. The number of H-pyrrole nitrogens is 1. The minimum absolute atomic E-state index is 0.0322. The van der Waals surface area contributed by atoms with Crippen molar-refractivity contribution in [2.75, 3.05) is 54.8 Å². The second-order valence-corrected chi connectivity index (χ2v) is 9.67. The number of hydrogen-bond acceptors (Lipinski definition) is 7. The average molecular weight is 496 g/mol. The maximum atomic E-state index is 13.5. The zero-order chi connectivity index (χ0) is 26.2. The van der Waals surface area contributed by atoms with Gasteiger partial charge in [-0.1, -0.05) is 27.2 Å². The topological polar surface area (TPSA) is 131 Å². The van der Waals surface area contributed by atoms with Crippen LogP contribution in [0.15, 0.2) is 33.9 Å². The molecule has 1 aliphatic heterocycles. The molecular formula is C26H37N7O3. The largest absolute Gasteiger partial charge is 0.383 e. The van der Waals surface area contributed by atoms with Gasteiger partial charge in [0.1, 0.15) is 5.82 Å². The third-order valence-corrected chi connectivity index (χ3v) is 6.38. The number of nitrogens with one attached hydrogen (secondary N) is 1. The molecule has 1 aromatic carbocycles. The van der Waals surface area contributed by atoms with E-state index in [-0.39, 0.29) is 29.9 Å². The molecule has 0 saturated carbocycles. The molecule has 0 aliphatic carbocycles. The molecule has 10 heteroatoms. The van der Waals surface area contributed by atoms with Gasteiger partial charge < -0.3 is 15.5 Å². The van der Waals surface area contributed by atoms with Crippen molar-refractivity contribution in [1.29, 1.82) is 5.26 Å². The van der Waals surface area contributed by atoms with Gasteiger partial charge in [0, 0.05) is 45.0 Å². The number of carbonyl (C=O) groups is 1. The summed E-state index contributed by atoms with van der Waals surface area (Å²) in [6, 6.07) is 9.67. The molecule has 3 N–H and O–H groups in total. The van der Waals surface area contributed by atoms with E-state index in [9.17, 15) is 14.4 Å². The quantitative estimate of drug-likeness (QED) is 0.544. The number of nitrogens with two attached hydrogens (primary N) is 1. The molecule has 10 nitrogen and oxygen atoms in total. The van der Waals surface area contributed by atoms with Gasteiger partial charge in [0.05, 0.1) is 18.2 Å². The Bertz CT molecular complexity index is 1190. The van der Waals surface area contributed by atoms with Crippen LogP contribution in [0, 0.1) is 17.2 Å².